The van der Waals surface area contributed by atoms with Crippen LogP contribution < -0.4 is 10.1 Å². The summed E-state index contributed by atoms with van der Waals surface area (Å²) < 4.78 is 11.0. The Kier molecular flexibility index (Phi) is 4.98. The fourth-order valence-electron chi connectivity index (χ4n) is 2.84. The van der Waals surface area contributed by atoms with Gasteiger partial charge in [0.05, 0.1) is 17.7 Å². The standard InChI is InChI=1S/C20H21N5O4/c1-12-3-4-14(9-21-12)18-15(13(2)29-25-18)10-28-17-6-5-16(23-24-17)19(27)22-20(11-26)7-8-20/h3-6,9,26H,7-8,10-11H2,1-2H3,(H,22,27). The van der Waals surface area contributed by atoms with E-state index >= 15 is 0 Å². The second-order valence-electron chi connectivity index (χ2n) is 7.19. The number of amides is 1. The third kappa shape index (κ3) is 4.09. The summed E-state index contributed by atoms with van der Waals surface area (Å²) in [5.74, 6) is 0.557. The van der Waals surface area contributed by atoms with Gasteiger partial charge in [-0.25, -0.2) is 0 Å². The molecule has 1 aliphatic rings. The number of aromatic nitrogens is 4. The Bertz CT molecular complexity index is 1010. The summed E-state index contributed by atoms with van der Waals surface area (Å²) in [7, 11) is 0. The van der Waals surface area contributed by atoms with Gasteiger partial charge in [0.25, 0.3) is 5.91 Å². The van der Waals surface area contributed by atoms with E-state index in [4.69, 9.17) is 9.26 Å². The summed E-state index contributed by atoms with van der Waals surface area (Å²) in [6, 6.07) is 6.95. The summed E-state index contributed by atoms with van der Waals surface area (Å²) >= 11 is 0. The van der Waals surface area contributed by atoms with Crippen LogP contribution in [0, 0.1) is 13.8 Å². The normalized spacial score (nSPS) is 14.4. The van der Waals surface area contributed by atoms with Crippen LogP contribution in [0.5, 0.6) is 5.88 Å². The molecule has 0 atom stereocenters. The first kappa shape index (κ1) is 19.0. The number of carbonyl (C=O) groups excluding carboxylic acids is 1. The zero-order valence-electron chi connectivity index (χ0n) is 16.2. The molecule has 0 aliphatic heterocycles. The Balaban J connectivity index is 1.43. The van der Waals surface area contributed by atoms with Crippen LogP contribution in [0.1, 0.15) is 40.3 Å². The number of carbonyl (C=O) groups is 1. The average molecular weight is 395 g/mol. The van der Waals surface area contributed by atoms with Gasteiger partial charge in [-0.3, -0.25) is 9.78 Å². The number of nitrogens with one attached hydrogen (secondary N) is 1. The van der Waals surface area contributed by atoms with Crippen LogP contribution in [0.3, 0.4) is 0 Å². The molecule has 0 radical (unpaired) electrons. The molecule has 150 valence electrons. The fraction of sp³-hybridized carbons (Fsp3) is 0.350. The summed E-state index contributed by atoms with van der Waals surface area (Å²) in [6.07, 6.45) is 3.27. The third-order valence-corrected chi connectivity index (χ3v) is 4.94. The molecule has 1 saturated carbocycles. The first-order valence-corrected chi connectivity index (χ1v) is 9.28. The number of aliphatic hydroxyl groups excluding tert-OH is 1. The number of hydrogen-bond donors (Lipinski definition) is 2. The van der Waals surface area contributed by atoms with Crippen LogP contribution in [0.25, 0.3) is 11.3 Å². The third-order valence-electron chi connectivity index (χ3n) is 4.94. The predicted molar refractivity (Wildman–Crippen MR) is 102 cm³/mol. The maximum Gasteiger partial charge on any atom is 0.272 e. The van der Waals surface area contributed by atoms with Crippen LogP contribution >= 0.6 is 0 Å². The van der Waals surface area contributed by atoms with E-state index in [0.29, 0.717) is 11.5 Å². The Morgan fingerprint density at radius 1 is 1.24 bits per heavy atom. The van der Waals surface area contributed by atoms with Crippen molar-refractivity contribution >= 4 is 5.91 Å². The topological polar surface area (TPSA) is 123 Å². The number of ether oxygens (including phenoxy) is 1. The maximum absolute atomic E-state index is 12.2. The molecular weight excluding hydrogens is 374 g/mol. The first-order chi connectivity index (χ1) is 14.0. The average Bonchev–Trinajstić information content (AvgIpc) is 3.41. The molecule has 3 aromatic rings. The van der Waals surface area contributed by atoms with Crippen molar-refractivity contribution in [1.29, 1.82) is 0 Å². The molecule has 29 heavy (non-hydrogen) atoms. The zero-order valence-corrected chi connectivity index (χ0v) is 16.2. The van der Waals surface area contributed by atoms with Gasteiger partial charge in [-0.1, -0.05) is 5.16 Å². The summed E-state index contributed by atoms with van der Waals surface area (Å²) in [5, 5.41) is 24.1. The van der Waals surface area contributed by atoms with Gasteiger partial charge in [0.15, 0.2) is 5.69 Å². The molecule has 3 aromatic heterocycles. The van der Waals surface area contributed by atoms with Crippen LogP contribution in [-0.4, -0.2) is 43.5 Å². The molecule has 4 rings (SSSR count). The number of pyridine rings is 1. The fourth-order valence-corrected chi connectivity index (χ4v) is 2.84. The first-order valence-electron chi connectivity index (χ1n) is 9.28. The smallest absolute Gasteiger partial charge is 0.272 e. The highest BCUT2D eigenvalue weighted by atomic mass is 16.5. The molecule has 0 bridgehead atoms. The van der Waals surface area contributed by atoms with Crippen molar-refractivity contribution < 1.29 is 19.2 Å². The van der Waals surface area contributed by atoms with E-state index < -0.39 is 5.54 Å². The van der Waals surface area contributed by atoms with Gasteiger partial charge in [0, 0.05) is 23.5 Å². The number of nitrogens with zero attached hydrogens (tertiary/aromatic N) is 4. The highest BCUT2D eigenvalue weighted by Gasteiger charge is 2.43. The monoisotopic (exact) mass is 395 g/mol. The largest absolute Gasteiger partial charge is 0.472 e. The van der Waals surface area contributed by atoms with E-state index in [1.54, 1.807) is 12.3 Å². The van der Waals surface area contributed by atoms with E-state index in [-0.39, 0.29) is 30.7 Å². The van der Waals surface area contributed by atoms with E-state index in [0.717, 1.165) is 29.7 Å². The van der Waals surface area contributed by atoms with Gasteiger partial charge in [-0.05, 0) is 44.9 Å². The van der Waals surface area contributed by atoms with Crippen molar-refractivity contribution in [1.82, 2.24) is 25.7 Å². The van der Waals surface area contributed by atoms with E-state index in [2.05, 4.69) is 25.7 Å². The highest BCUT2D eigenvalue weighted by molar-refractivity contribution is 5.92. The Morgan fingerprint density at radius 3 is 2.69 bits per heavy atom. The summed E-state index contributed by atoms with van der Waals surface area (Å²) in [5.41, 5.74) is 2.88. The predicted octanol–water partition coefficient (Wildman–Crippen LogP) is 1.98. The van der Waals surface area contributed by atoms with E-state index in [1.165, 1.54) is 6.07 Å². The molecule has 2 N–H and O–H groups in total. The molecule has 9 nitrogen and oxygen atoms in total. The molecule has 9 heteroatoms. The molecule has 1 aliphatic carbocycles. The SMILES string of the molecule is Cc1ccc(-c2noc(C)c2COc2ccc(C(=O)NC3(CO)CC3)nn2)cn1. The number of aliphatic hydroxyl groups is 1. The van der Waals surface area contributed by atoms with Gasteiger partial charge in [-0.2, -0.15) is 0 Å². The van der Waals surface area contributed by atoms with Crippen LogP contribution in [-0.2, 0) is 6.61 Å². The maximum atomic E-state index is 12.2. The van der Waals surface area contributed by atoms with Gasteiger partial charge in [0.1, 0.15) is 18.1 Å². The molecule has 1 amide bonds. The molecule has 3 heterocycles. The molecule has 0 unspecified atom stereocenters. The van der Waals surface area contributed by atoms with Crippen molar-refractivity contribution in [3.63, 3.8) is 0 Å². The lowest BCUT2D eigenvalue weighted by molar-refractivity contribution is 0.0900. The van der Waals surface area contributed by atoms with Crippen molar-refractivity contribution in [2.45, 2.75) is 38.8 Å². The van der Waals surface area contributed by atoms with Gasteiger partial charge in [-0.15, -0.1) is 10.2 Å². The van der Waals surface area contributed by atoms with Crippen molar-refractivity contribution in [3.8, 4) is 17.1 Å². The highest BCUT2D eigenvalue weighted by Crippen LogP contribution is 2.34. The van der Waals surface area contributed by atoms with Crippen molar-refractivity contribution in [2.24, 2.45) is 0 Å². The minimum atomic E-state index is -0.499. The summed E-state index contributed by atoms with van der Waals surface area (Å²) in [6.45, 7) is 3.83. The summed E-state index contributed by atoms with van der Waals surface area (Å²) in [4.78, 5) is 16.5. The van der Waals surface area contributed by atoms with Crippen LogP contribution in [0.2, 0.25) is 0 Å². The van der Waals surface area contributed by atoms with E-state index in [9.17, 15) is 9.90 Å². The van der Waals surface area contributed by atoms with Gasteiger partial charge in [0.2, 0.25) is 5.88 Å². The minimum absolute atomic E-state index is 0.0791. The minimum Gasteiger partial charge on any atom is -0.472 e. The zero-order chi connectivity index (χ0) is 20.4. The van der Waals surface area contributed by atoms with Gasteiger partial charge >= 0.3 is 0 Å². The second kappa shape index (κ2) is 7.59. The van der Waals surface area contributed by atoms with Gasteiger partial charge < -0.3 is 19.7 Å². The number of rotatable bonds is 7. The molecule has 0 aromatic carbocycles. The lowest BCUT2D eigenvalue weighted by Gasteiger charge is -2.13. The molecule has 1 fully saturated rings. The van der Waals surface area contributed by atoms with Crippen molar-refractivity contribution in [2.75, 3.05) is 6.61 Å². The Labute approximate surface area is 167 Å². The lowest BCUT2D eigenvalue weighted by atomic mass is 10.1. The van der Waals surface area contributed by atoms with Crippen LogP contribution in [0.4, 0.5) is 0 Å². The number of aryl methyl sites for hydroxylation is 2. The Morgan fingerprint density at radius 2 is 2.07 bits per heavy atom. The molecule has 0 spiro atoms. The second-order valence-corrected chi connectivity index (χ2v) is 7.19. The quantitative estimate of drug-likeness (QED) is 0.622. The van der Waals surface area contributed by atoms with Crippen molar-refractivity contribution in [3.05, 3.63) is 53.2 Å². The molecular formula is C20H21N5O4. The Hall–Kier alpha value is -3.33. The van der Waals surface area contributed by atoms with Crippen LogP contribution in [0.15, 0.2) is 35.0 Å². The lowest BCUT2D eigenvalue weighted by Crippen LogP contribution is -2.40. The number of hydrogen-bond acceptors (Lipinski definition) is 8. The molecule has 0 saturated heterocycles. The van der Waals surface area contributed by atoms with E-state index in [1.807, 2.05) is 26.0 Å².